The fourth-order valence-electron chi connectivity index (χ4n) is 4.87. The van der Waals surface area contributed by atoms with Gasteiger partial charge in [-0.25, -0.2) is 0 Å². The van der Waals surface area contributed by atoms with E-state index in [0.29, 0.717) is 37.1 Å². The van der Waals surface area contributed by atoms with Gasteiger partial charge in [-0.15, -0.1) is 0 Å². The quantitative estimate of drug-likeness (QED) is 0.282. The van der Waals surface area contributed by atoms with E-state index in [1.54, 1.807) is 70.8 Å². The Hall–Kier alpha value is -4.72. The molecule has 8 heteroatoms. The molecule has 2 heterocycles. The third-order valence-corrected chi connectivity index (χ3v) is 7.01. The first-order valence-corrected chi connectivity index (χ1v) is 13.4. The van der Waals surface area contributed by atoms with Crippen molar-refractivity contribution in [2.24, 2.45) is 9.98 Å². The number of hydrogen-bond donors (Lipinski definition) is 0. The predicted octanol–water partition coefficient (Wildman–Crippen LogP) is 4.54. The molecule has 2 fully saturated rings. The number of rotatable bonds is 10. The van der Waals surface area contributed by atoms with Crippen molar-refractivity contribution < 1.29 is 19.2 Å². The second-order valence-electron chi connectivity index (χ2n) is 9.85. The molecule has 0 radical (unpaired) electrons. The van der Waals surface area contributed by atoms with Crippen LogP contribution < -0.4 is 9.80 Å². The number of nitrogens with zero attached hydrogens (tertiary/aromatic N) is 4. The lowest BCUT2D eigenvalue weighted by molar-refractivity contribution is -0.117. The van der Waals surface area contributed by atoms with Crippen molar-refractivity contribution in [3.05, 3.63) is 95.1 Å². The number of benzene rings is 3. The molecule has 2 aliphatic heterocycles. The fourth-order valence-corrected chi connectivity index (χ4v) is 4.87. The molecule has 8 nitrogen and oxygen atoms in total. The summed E-state index contributed by atoms with van der Waals surface area (Å²) in [6, 6.07) is 21.7. The van der Waals surface area contributed by atoms with E-state index in [9.17, 15) is 19.2 Å². The second-order valence-corrected chi connectivity index (χ2v) is 9.85. The number of ketones is 2. The Morgan fingerprint density at radius 1 is 0.650 bits per heavy atom. The molecule has 2 saturated heterocycles. The zero-order valence-corrected chi connectivity index (χ0v) is 22.2. The number of amides is 2. The maximum Gasteiger partial charge on any atom is 0.227 e. The molecule has 0 aliphatic carbocycles. The van der Waals surface area contributed by atoms with E-state index in [2.05, 4.69) is 9.98 Å². The Morgan fingerprint density at radius 3 is 1.45 bits per heavy atom. The summed E-state index contributed by atoms with van der Waals surface area (Å²) < 4.78 is 0. The summed E-state index contributed by atoms with van der Waals surface area (Å²) in [5.41, 5.74) is 4.37. The number of aliphatic imine (C=N–C) groups is 2. The normalized spacial score (nSPS) is 15.6. The highest BCUT2D eigenvalue weighted by Crippen LogP contribution is 2.23. The van der Waals surface area contributed by atoms with Gasteiger partial charge in [0.05, 0.1) is 0 Å². The van der Waals surface area contributed by atoms with Crippen LogP contribution in [0.1, 0.15) is 57.5 Å². The van der Waals surface area contributed by atoms with Crippen LogP contribution in [-0.2, 0) is 9.59 Å². The summed E-state index contributed by atoms with van der Waals surface area (Å²) >= 11 is 0. The minimum atomic E-state index is -0.105. The highest BCUT2D eigenvalue weighted by molar-refractivity contribution is 6.01. The topological polar surface area (TPSA) is 99.5 Å². The summed E-state index contributed by atoms with van der Waals surface area (Å²) in [5.74, 6) is 0.0215. The van der Waals surface area contributed by atoms with E-state index >= 15 is 0 Å². The first kappa shape index (κ1) is 26.9. The molecule has 2 amide bonds. The van der Waals surface area contributed by atoms with Gasteiger partial charge in [-0.05, 0) is 78.6 Å². The van der Waals surface area contributed by atoms with Crippen molar-refractivity contribution in [1.82, 2.24) is 0 Å². The van der Waals surface area contributed by atoms with Crippen LogP contribution in [-0.4, -0.2) is 62.0 Å². The lowest BCUT2D eigenvalue weighted by atomic mass is 10.1. The van der Waals surface area contributed by atoms with Gasteiger partial charge in [0.25, 0.3) is 0 Å². The zero-order valence-electron chi connectivity index (χ0n) is 22.2. The number of anilines is 2. The number of hydrogen-bond acceptors (Lipinski definition) is 6. The van der Waals surface area contributed by atoms with Crippen LogP contribution in [0.2, 0.25) is 0 Å². The minimum absolute atomic E-state index is 0.0134. The number of Topliss-reactive ketones (excluding diaryl/α,β-unsaturated/α-hetero) is 2. The average Bonchev–Trinajstić information content (AvgIpc) is 3.61. The van der Waals surface area contributed by atoms with E-state index < -0.39 is 0 Å². The average molecular weight is 535 g/mol. The molecule has 3 aromatic rings. The summed E-state index contributed by atoms with van der Waals surface area (Å²) in [4.78, 5) is 61.0. The molecular formula is C32H30N4O4. The maximum atomic E-state index is 12.6. The van der Waals surface area contributed by atoms with Gasteiger partial charge in [-0.2, -0.15) is 0 Å². The van der Waals surface area contributed by atoms with Crippen molar-refractivity contribution in [3.63, 3.8) is 0 Å². The predicted molar refractivity (Wildman–Crippen MR) is 156 cm³/mol. The molecule has 0 atom stereocenters. The molecule has 202 valence electrons. The number of carbonyl (C=O) groups excluding carboxylic acids is 4. The van der Waals surface area contributed by atoms with Gasteiger partial charge in [-0.1, -0.05) is 18.2 Å². The first-order valence-electron chi connectivity index (χ1n) is 13.4. The Morgan fingerprint density at radius 2 is 1.07 bits per heavy atom. The molecule has 3 aromatic carbocycles. The second kappa shape index (κ2) is 12.4. The van der Waals surface area contributed by atoms with Crippen molar-refractivity contribution in [2.75, 3.05) is 36.0 Å². The monoisotopic (exact) mass is 534 g/mol. The molecule has 5 rings (SSSR count). The van der Waals surface area contributed by atoms with Crippen LogP contribution in [0.3, 0.4) is 0 Å². The van der Waals surface area contributed by atoms with Crippen LogP contribution in [0.4, 0.5) is 11.4 Å². The minimum Gasteiger partial charge on any atom is -0.312 e. The van der Waals surface area contributed by atoms with Gasteiger partial charge in [0.15, 0.2) is 11.6 Å². The molecule has 2 aliphatic rings. The lowest BCUT2D eigenvalue weighted by Crippen LogP contribution is -2.23. The fraction of sp³-hybridized carbons (Fsp3) is 0.250. The van der Waals surface area contributed by atoms with E-state index in [0.717, 1.165) is 35.3 Å². The summed E-state index contributed by atoms with van der Waals surface area (Å²) in [5, 5.41) is 0. The molecule has 0 saturated carbocycles. The van der Waals surface area contributed by atoms with E-state index in [-0.39, 0.29) is 36.5 Å². The van der Waals surface area contributed by atoms with Crippen LogP contribution in [0, 0.1) is 0 Å². The van der Waals surface area contributed by atoms with Gasteiger partial charge in [0.1, 0.15) is 13.1 Å². The van der Waals surface area contributed by atoms with Crippen molar-refractivity contribution >= 4 is 47.2 Å². The number of carbonyl (C=O) groups is 4. The Kier molecular flexibility index (Phi) is 8.35. The van der Waals surface area contributed by atoms with Crippen LogP contribution in [0.5, 0.6) is 0 Å². The van der Waals surface area contributed by atoms with Gasteiger partial charge >= 0.3 is 0 Å². The van der Waals surface area contributed by atoms with Gasteiger partial charge < -0.3 is 9.80 Å². The van der Waals surface area contributed by atoms with Crippen molar-refractivity contribution in [3.8, 4) is 0 Å². The van der Waals surface area contributed by atoms with Crippen molar-refractivity contribution in [1.29, 1.82) is 0 Å². The molecule has 0 bridgehead atoms. The molecule has 0 spiro atoms. The lowest BCUT2D eigenvalue weighted by Gasteiger charge is -2.15. The highest BCUT2D eigenvalue weighted by atomic mass is 16.2. The summed E-state index contributed by atoms with van der Waals surface area (Å²) in [7, 11) is 0. The van der Waals surface area contributed by atoms with Crippen LogP contribution in [0.25, 0.3) is 0 Å². The van der Waals surface area contributed by atoms with Crippen molar-refractivity contribution in [2.45, 2.75) is 25.7 Å². The Bertz CT molecular complexity index is 1370. The Labute approximate surface area is 233 Å². The van der Waals surface area contributed by atoms with Crippen LogP contribution >= 0.6 is 0 Å². The van der Waals surface area contributed by atoms with E-state index in [1.807, 2.05) is 24.3 Å². The summed E-state index contributed by atoms with van der Waals surface area (Å²) in [6.07, 6.45) is 6.14. The van der Waals surface area contributed by atoms with Gasteiger partial charge in [0, 0.05) is 60.9 Å². The largest absolute Gasteiger partial charge is 0.312 e. The standard InChI is InChI=1S/C32H30N4O4/c37-29(25-8-12-27(13-9-25)35-16-2-6-31(35)39)21-33-19-23-4-1-5-24(18-23)20-34-22-30(38)26-10-14-28(15-11-26)36-17-3-7-32(36)40/h1,4-5,8-15,18-20H,2-3,6-7,16-17,21-22H2. The molecule has 0 unspecified atom stereocenters. The third kappa shape index (κ3) is 6.46. The summed E-state index contributed by atoms with van der Waals surface area (Å²) in [6.45, 7) is 1.46. The highest BCUT2D eigenvalue weighted by Gasteiger charge is 2.22. The Balaban J connectivity index is 1.12. The van der Waals surface area contributed by atoms with E-state index in [1.165, 1.54) is 0 Å². The van der Waals surface area contributed by atoms with Gasteiger partial charge in [0.2, 0.25) is 11.8 Å². The van der Waals surface area contributed by atoms with Crippen LogP contribution in [0.15, 0.2) is 82.8 Å². The molecular weight excluding hydrogens is 504 g/mol. The third-order valence-electron chi connectivity index (χ3n) is 7.01. The zero-order chi connectivity index (χ0) is 27.9. The molecule has 0 N–H and O–H groups in total. The van der Waals surface area contributed by atoms with Gasteiger partial charge in [-0.3, -0.25) is 29.2 Å². The van der Waals surface area contributed by atoms with E-state index in [4.69, 9.17) is 0 Å². The molecule has 40 heavy (non-hydrogen) atoms. The smallest absolute Gasteiger partial charge is 0.227 e. The first-order chi connectivity index (χ1) is 19.5. The SMILES string of the molecule is O=C(CN=Cc1cccc(C=NCC(=O)c2ccc(N3CCCC3=O)cc2)c1)c1ccc(N2CCCC2=O)cc1. The molecule has 0 aromatic heterocycles. The maximum absolute atomic E-state index is 12.6.